The van der Waals surface area contributed by atoms with Crippen molar-refractivity contribution >= 4 is 23.3 Å². The molecular formula is C13H15N5O2S. The highest BCUT2D eigenvalue weighted by atomic mass is 32.2. The van der Waals surface area contributed by atoms with E-state index in [2.05, 4.69) is 15.4 Å². The number of nitrogens with one attached hydrogen (secondary N) is 1. The third-order valence-corrected chi connectivity index (χ3v) is 3.92. The second-order valence-electron chi connectivity index (χ2n) is 4.23. The summed E-state index contributed by atoms with van der Waals surface area (Å²) in [6, 6.07) is 6.58. The molecule has 1 heterocycles. The van der Waals surface area contributed by atoms with E-state index in [0.29, 0.717) is 15.7 Å². The molecule has 0 amide bonds. The number of hydrogen-bond acceptors (Lipinski definition) is 7. The van der Waals surface area contributed by atoms with Gasteiger partial charge in [-0.25, -0.2) is 15.8 Å². The molecule has 3 N–H and O–H groups in total. The molecule has 1 aromatic carbocycles. The Morgan fingerprint density at radius 3 is 2.81 bits per heavy atom. The van der Waals surface area contributed by atoms with Gasteiger partial charge >= 0.3 is 0 Å². The summed E-state index contributed by atoms with van der Waals surface area (Å²) >= 11 is 1.25. The van der Waals surface area contributed by atoms with Crippen molar-refractivity contribution in [3.63, 3.8) is 0 Å². The Kier molecular flexibility index (Phi) is 5.07. The summed E-state index contributed by atoms with van der Waals surface area (Å²) in [5.41, 5.74) is 3.47. The number of aromatic nitrogens is 2. The summed E-state index contributed by atoms with van der Waals surface area (Å²) in [6.07, 6.45) is 3.03. The van der Waals surface area contributed by atoms with Crippen molar-refractivity contribution in [2.24, 2.45) is 5.84 Å². The van der Waals surface area contributed by atoms with E-state index < -0.39 is 4.92 Å². The highest BCUT2D eigenvalue weighted by Gasteiger charge is 2.17. The Morgan fingerprint density at radius 2 is 2.14 bits per heavy atom. The third kappa shape index (κ3) is 3.47. The summed E-state index contributed by atoms with van der Waals surface area (Å²) in [4.78, 5) is 19.5. The van der Waals surface area contributed by atoms with Gasteiger partial charge in [-0.3, -0.25) is 10.1 Å². The first-order valence-electron chi connectivity index (χ1n) is 6.39. The van der Waals surface area contributed by atoms with Gasteiger partial charge in [-0.05, 0) is 12.5 Å². The molecule has 0 aliphatic heterocycles. The number of rotatable bonds is 6. The van der Waals surface area contributed by atoms with Crippen LogP contribution in [-0.2, 0) is 6.42 Å². The zero-order valence-electron chi connectivity index (χ0n) is 11.4. The lowest BCUT2D eigenvalue weighted by Crippen LogP contribution is -2.12. The summed E-state index contributed by atoms with van der Waals surface area (Å²) < 4.78 is 0. The Balaban J connectivity index is 2.42. The minimum atomic E-state index is -0.398. The lowest BCUT2D eigenvalue weighted by Gasteiger charge is -2.11. The first kappa shape index (κ1) is 15.2. The molecule has 21 heavy (non-hydrogen) atoms. The zero-order chi connectivity index (χ0) is 15.2. The smallest absolute Gasteiger partial charge is 0.283 e. The highest BCUT2D eigenvalue weighted by Crippen LogP contribution is 2.36. The van der Waals surface area contributed by atoms with Crippen LogP contribution in [0.2, 0.25) is 0 Å². The maximum absolute atomic E-state index is 11.1. The number of anilines is 1. The molecule has 2 rings (SSSR count). The lowest BCUT2D eigenvalue weighted by molar-refractivity contribution is -0.387. The molecule has 0 saturated carbocycles. The second-order valence-corrected chi connectivity index (χ2v) is 5.26. The lowest BCUT2D eigenvalue weighted by atomic mass is 10.2. The number of nitro groups is 1. The first-order valence-corrected chi connectivity index (χ1v) is 7.20. The van der Waals surface area contributed by atoms with Crippen LogP contribution in [0.15, 0.2) is 40.5 Å². The molecule has 8 heteroatoms. The van der Waals surface area contributed by atoms with Gasteiger partial charge in [0.25, 0.3) is 5.69 Å². The van der Waals surface area contributed by atoms with Crippen LogP contribution in [0.1, 0.15) is 18.9 Å². The van der Waals surface area contributed by atoms with Crippen molar-refractivity contribution in [2.75, 3.05) is 5.43 Å². The van der Waals surface area contributed by atoms with Crippen molar-refractivity contribution in [1.82, 2.24) is 9.97 Å². The normalized spacial score (nSPS) is 10.4. The van der Waals surface area contributed by atoms with Gasteiger partial charge < -0.3 is 5.43 Å². The van der Waals surface area contributed by atoms with Crippen LogP contribution >= 0.6 is 11.8 Å². The summed E-state index contributed by atoms with van der Waals surface area (Å²) in [5, 5.41) is 11.7. The van der Waals surface area contributed by atoms with E-state index in [9.17, 15) is 10.1 Å². The molecule has 0 unspecified atom stereocenters. The van der Waals surface area contributed by atoms with Gasteiger partial charge in [-0.15, -0.1) is 0 Å². The van der Waals surface area contributed by atoms with Crippen LogP contribution < -0.4 is 11.3 Å². The monoisotopic (exact) mass is 305 g/mol. The van der Waals surface area contributed by atoms with E-state index in [4.69, 9.17) is 5.84 Å². The molecule has 1 aromatic heterocycles. The molecule has 2 aromatic rings. The molecular weight excluding hydrogens is 290 g/mol. The molecule has 0 aliphatic rings. The van der Waals surface area contributed by atoms with Crippen LogP contribution in [0.3, 0.4) is 0 Å². The summed E-state index contributed by atoms with van der Waals surface area (Å²) in [5.74, 6) is 6.01. The topological polar surface area (TPSA) is 107 Å². The van der Waals surface area contributed by atoms with E-state index >= 15 is 0 Å². The first-order chi connectivity index (χ1) is 10.2. The van der Waals surface area contributed by atoms with Gasteiger partial charge in [-0.2, -0.15) is 0 Å². The largest absolute Gasteiger partial charge is 0.308 e. The zero-order valence-corrected chi connectivity index (χ0v) is 12.3. The molecule has 0 bridgehead atoms. The average molecular weight is 305 g/mol. The predicted octanol–water partition coefficient (Wildman–Crippen LogP) is 2.77. The van der Waals surface area contributed by atoms with Crippen molar-refractivity contribution in [1.29, 1.82) is 0 Å². The molecule has 0 spiro atoms. The van der Waals surface area contributed by atoms with Crippen molar-refractivity contribution in [2.45, 2.75) is 29.7 Å². The SMILES string of the molecule is CCCc1c(NN)ncnc1Sc1ccccc1[N+](=O)[O-]. The van der Waals surface area contributed by atoms with Crippen LogP contribution in [0.5, 0.6) is 0 Å². The van der Waals surface area contributed by atoms with E-state index in [1.165, 1.54) is 24.2 Å². The van der Waals surface area contributed by atoms with Gasteiger partial charge in [0, 0.05) is 11.6 Å². The Hall–Kier alpha value is -2.19. The highest BCUT2D eigenvalue weighted by molar-refractivity contribution is 7.99. The molecule has 7 nitrogen and oxygen atoms in total. The minimum absolute atomic E-state index is 0.0609. The number of benzene rings is 1. The fourth-order valence-corrected chi connectivity index (χ4v) is 2.91. The Labute approximate surface area is 126 Å². The number of hydrazine groups is 1. The minimum Gasteiger partial charge on any atom is -0.308 e. The van der Waals surface area contributed by atoms with Crippen LogP contribution in [0, 0.1) is 10.1 Å². The molecule has 0 saturated heterocycles. The number of nitrogen functional groups attached to an aromatic ring is 1. The molecule has 0 radical (unpaired) electrons. The second kappa shape index (κ2) is 7.00. The predicted molar refractivity (Wildman–Crippen MR) is 81.1 cm³/mol. The van der Waals surface area contributed by atoms with Crippen LogP contribution in [0.25, 0.3) is 0 Å². The molecule has 110 valence electrons. The number of nitro benzene ring substituents is 1. The van der Waals surface area contributed by atoms with E-state index in [1.54, 1.807) is 18.2 Å². The third-order valence-electron chi connectivity index (χ3n) is 2.81. The molecule has 0 atom stereocenters. The molecule has 0 fully saturated rings. The quantitative estimate of drug-likeness (QED) is 0.365. The van der Waals surface area contributed by atoms with Gasteiger partial charge in [0.15, 0.2) is 0 Å². The number of para-hydroxylation sites is 1. The number of nitrogens with two attached hydrogens (primary N) is 1. The standard InChI is InChI=1S/C13H15N5O2S/c1-2-5-9-12(17-14)15-8-16-13(9)21-11-7-4-3-6-10(11)18(19)20/h3-4,6-8H,2,5,14H2,1H3,(H,15,16,17). The van der Waals surface area contributed by atoms with E-state index in [1.807, 2.05) is 6.92 Å². The van der Waals surface area contributed by atoms with E-state index in [0.717, 1.165) is 18.4 Å². The Morgan fingerprint density at radius 1 is 1.38 bits per heavy atom. The average Bonchev–Trinajstić information content (AvgIpc) is 2.49. The number of nitrogens with zero attached hydrogens (tertiary/aromatic N) is 3. The van der Waals surface area contributed by atoms with Gasteiger partial charge in [0.1, 0.15) is 17.2 Å². The fraction of sp³-hybridized carbons (Fsp3) is 0.231. The maximum Gasteiger partial charge on any atom is 0.283 e. The van der Waals surface area contributed by atoms with Crippen molar-refractivity contribution in [3.8, 4) is 0 Å². The van der Waals surface area contributed by atoms with E-state index in [-0.39, 0.29) is 5.69 Å². The van der Waals surface area contributed by atoms with Crippen LogP contribution in [-0.4, -0.2) is 14.9 Å². The van der Waals surface area contributed by atoms with Gasteiger partial charge in [0.05, 0.1) is 9.82 Å². The van der Waals surface area contributed by atoms with Gasteiger partial charge in [-0.1, -0.05) is 37.2 Å². The molecule has 0 aliphatic carbocycles. The van der Waals surface area contributed by atoms with Crippen molar-refractivity contribution in [3.05, 3.63) is 46.3 Å². The summed E-state index contributed by atoms with van der Waals surface area (Å²) in [7, 11) is 0. The Bertz CT molecular complexity index is 650. The van der Waals surface area contributed by atoms with Crippen LogP contribution in [0.4, 0.5) is 11.5 Å². The fourth-order valence-electron chi connectivity index (χ4n) is 1.88. The summed E-state index contributed by atoms with van der Waals surface area (Å²) in [6.45, 7) is 2.03. The van der Waals surface area contributed by atoms with Gasteiger partial charge in [0.2, 0.25) is 0 Å². The number of hydrogen-bond donors (Lipinski definition) is 2. The maximum atomic E-state index is 11.1. The van der Waals surface area contributed by atoms with Crippen molar-refractivity contribution < 1.29 is 4.92 Å².